The van der Waals surface area contributed by atoms with Crippen LogP contribution in [0.4, 0.5) is 0 Å². The van der Waals surface area contributed by atoms with Gasteiger partial charge in [0.1, 0.15) is 11.0 Å². The van der Waals surface area contributed by atoms with Crippen LogP contribution in [0.25, 0.3) is 21.7 Å². The van der Waals surface area contributed by atoms with Gasteiger partial charge < -0.3 is 15.2 Å². The van der Waals surface area contributed by atoms with Gasteiger partial charge in [-0.2, -0.15) is 11.8 Å². The minimum Gasteiger partial charge on any atom is -0.480 e. The molecule has 0 radical (unpaired) electrons. The van der Waals surface area contributed by atoms with Gasteiger partial charge in [0.05, 0.1) is 18.1 Å². The van der Waals surface area contributed by atoms with Crippen molar-refractivity contribution in [2.45, 2.75) is 32.6 Å². The van der Waals surface area contributed by atoms with Crippen molar-refractivity contribution in [1.29, 1.82) is 0 Å². The summed E-state index contributed by atoms with van der Waals surface area (Å²) in [5.41, 5.74) is 4.96. The Bertz CT molecular complexity index is 1460. The van der Waals surface area contributed by atoms with Crippen LogP contribution in [0, 0.1) is 6.92 Å². The number of carboxylic acids is 1. The zero-order valence-electron chi connectivity index (χ0n) is 21.6. The monoisotopic (exact) mass is 580 g/mol. The van der Waals surface area contributed by atoms with Gasteiger partial charge in [-0.25, -0.2) is 9.78 Å². The number of aliphatic carboxylic acids is 1. The molecule has 0 aliphatic heterocycles. The Morgan fingerprint density at radius 3 is 2.64 bits per heavy atom. The molecule has 0 bridgehead atoms. The number of aromatic nitrogens is 1. The lowest BCUT2D eigenvalue weighted by Crippen LogP contribution is -2.41. The summed E-state index contributed by atoms with van der Waals surface area (Å²) < 4.78 is 6.00. The summed E-state index contributed by atoms with van der Waals surface area (Å²) in [5.74, 6) is -0.813. The van der Waals surface area contributed by atoms with E-state index in [1.165, 1.54) is 0 Å². The summed E-state index contributed by atoms with van der Waals surface area (Å²) in [4.78, 5) is 30.5. The van der Waals surface area contributed by atoms with Crippen LogP contribution in [0.1, 0.15) is 32.8 Å². The van der Waals surface area contributed by atoms with Crippen molar-refractivity contribution in [3.05, 3.63) is 99.5 Å². The number of carbonyl (C=O) groups excluding carboxylic acids is 1. The predicted octanol–water partition coefficient (Wildman–Crippen LogP) is 7.09. The van der Waals surface area contributed by atoms with Crippen molar-refractivity contribution in [2.24, 2.45) is 0 Å². The van der Waals surface area contributed by atoms with Crippen molar-refractivity contribution in [1.82, 2.24) is 10.3 Å². The maximum atomic E-state index is 13.3. The Hall–Kier alpha value is -3.17. The summed E-state index contributed by atoms with van der Waals surface area (Å²) in [6.07, 6.45) is 4.07. The van der Waals surface area contributed by atoms with Crippen molar-refractivity contribution < 1.29 is 19.4 Å². The summed E-state index contributed by atoms with van der Waals surface area (Å²) >= 11 is 9.21. The highest BCUT2D eigenvalue weighted by atomic mass is 35.5. The number of carboxylic acid groups (broad SMARTS) is 1. The van der Waals surface area contributed by atoms with E-state index < -0.39 is 17.9 Å². The number of rotatable bonds is 12. The molecular weight excluding hydrogens is 552 g/mol. The highest BCUT2D eigenvalue weighted by Gasteiger charge is 2.22. The van der Waals surface area contributed by atoms with Crippen molar-refractivity contribution in [3.63, 3.8) is 0 Å². The number of amides is 1. The number of ether oxygens (including phenoxy) is 1. The lowest BCUT2D eigenvalue weighted by Gasteiger charge is -2.17. The Kier molecular flexibility index (Phi) is 10.2. The van der Waals surface area contributed by atoms with Crippen LogP contribution in [0.2, 0.25) is 5.02 Å². The second-order valence-corrected chi connectivity index (χ2v) is 11.5. The predicted molar refractivity (Wildman–Crippen MR) is 160 cm³/mol. The fourth-order valence-corrected chi connectivity index (χ4v) is 5.61. The van der Waals surface area contributed by atoms with Gasteiger partial charge in [0.25, 0.3) is 5.91 Å². The Labute approximate surface area is 241 Å². The summed E-state index contributed by atoms with van der Waals surface area (Å²) in [6, 6.07) is 20.0. The largest absolute Gasteiger partial charge is 0.480 e. The molecule has 1 atom stereocenters. The number of nitrogens with one attached hydrogen (secondary N) is 1. The average molecular weight is 581 g/mol. The first kappa shape index (κ1) is 28.8. The van der Waals surface area contributed by atoms with Crippen LogP contribution in [-0.2, 0) is 22.7 Å². The molecule has 1 heterocycles. The van der Waals surface area contributed by atoms with Gasteiger partial charge in [0.2, 0.25) is 0 Å². The molecule has 3 aromatic carbocycles. The molecule has 2 N–H and O–H groups in total. The highest BCUT2D eigenvalue weighted by molar-refractivity contribution is 7.98. The third-order valence-corrected chi connectivity index (χ3v) is 8.02. The molecule has 202 valence electrons. The molecule has 0 aliphatic carbocycles. The third kappa shape index (κ3) is 7.70. The normalized spacial score (nSPS) is 11.8. The number of nitrogens with zero attached hydrogens (tertiary/aromatic N) is 1. The minimum absolute atomic E-state index is 0.344. The van der Waals surface area contributed by atoms with E-state index in [-0.39, 0.29) is 0 Å². The number of thioether (sulfide) groups is 1. The smallest absolute Gasteiger partial charge is 0.326 e. The standard InChI is InChI=1S/C30H29ClN2O4S2/c1-19-6-3-4-9-24(19)26-14-20(10-11-25(26)28(34)33-27(30(35)36)12-13-38-2)17-37-18-23-16-32-29(39-23)21-7-5-8-22(31)15-21/h3-11,14-16,27H,12-13,17-18H2,1-2H3,(H,33,34)(H,35,36)/t27-/m0/s1. The molecule has 4 aromatic rings. The van der Waals surface area contributed by atoms with Gasteiger partial charge in [0, 0.05) is 22.3 Å². The van der Waals surface area contributed by atoms with Crippen molar-refractivity contribution in [2.75, 3.05) is 12.0 Å². The van der Waals surface area contributed by atoms with Gasteiger partial charge >= 0.3 is 5.97 Å². The number of halogens is 1. The molecule has 0 unspecified atom stereocenters. The molecule has 0 spiro atoms. The van der Waals surface area contributed by atoms with Gasteiger partial charge in [0.15, 0.2) is 0 Å². The molecule has 39 heavy (non-hydrogen) atoms. The maximum absolute atomic E-state index is 13.3. The zero-order chi connectivity index (χ0) is 27.8. The van der Waals surface area contributed by atoms with Gasteiger partial charge in [-0.1, -0.05) is 54.1 Å². The molecular formula is C30H29ClN2O4S2. The van der Waals surface area contributed by atoms with Gasteiger partial charge in [-0.15, -0.1) is 11.3 Å². The van der Waals surface area contributed by atoms with E-state index in [0.29, 0.717) is 36.0 Å². The molecule has 0 saturated heterocycles. The molecule has 1 aromatic heterocycles. The minimum atomic E-state index is -1.04. The van der Waals surface area contributed by atoms with E-state index >= 15 is 0 Å². The first-order chi connectivity index (χ1) is 18.9. The van der Waals surface area contributed by atoms with E-state index in [9.17, 15) is 14.7 Å². The first-order valence-electron chi connectivity index (χ1n) is 12.4. The highest BCUT2D eigenvalue weighted by Crippen LogP contribution is 2.30. The third-order valence-electron chi connectivity index (χ3n) is 6.12. The average Bonchev–Trinajstić information content (AvgIpc) is 3.40. The van der Waals surface area contributed by atoms with Crippen LogP contribution in [0.15, 0.2) is 72.9 Å². The second kappa shape index (κ2) is 13.8. The quantitative estimate of drug-likeness (QED) is 0.186. The van der Waals surface area contributed by atoms with E-state index in [0.717, 1.165) is 37.7 Å². The number of hydrogen-bond acceptors (Lipinski definition) is 6. The van der Waals surface area contributed by atoms with E-state index in [1.54, 1.807) is 29.2 Å². The Balaban J connectivity index is 1.51. The summed E-state index contributed by atoms with van der Waals surface area (Å²) in [5, 5.41) is 13.8. The SMILES string of the molecule is CSCC[C@H](NC(=O)c1ccc(COCc2cnc(-c3cccc(Cl)c3)s2)cc1-c1ccccc1C)C(=O)O. The summed E-state index contributed by atoms with van der Waals surface area (Å²) in [6.45, 7) is 2.73. The van der Waals surface area contributed by atoms with Crippen LogP contribution in [0.5, 0.6) is 0 Å². The Morgan fingerprint density at radius 1 is 1.08 bits per heavy atom. The molecule has 1 amide bonds. The van der Waals surface area contributed by atoms with E-state index in [2.05, 4.69) is 10.3 Å². The lowest BCUT2D eigenvalue weighted by atomic mass is 9.93. The van der Waals surface area contributed by atoms with Crippen LogP contribution in [-0.4, -0.2) is 40.0 Å². The Morgan fingerprint density at radius 2 is 1.90 bits per heavy atom. The topological polar surface area (TPSA) is 88.5 Å². The van der Waals surface area contributed by atoms with Crippen LogP contribution < -0.4 is 5.32 Å². The first-order valence-corrected chi connectivity index (χ1v) is 14.9. The molecule has 0 fully saturated rings. The number of benzene rings is 3. The lowest BCUT2D eigenvalue weighted by molar-refractivity contribution is -0.139. The molecule has 4 rings (SSSR count). The number of hydrogen-bond donors (Lipinski definition) is 2. The zero-order valence-corrected chi connectivity index (χ0v) is 24.0. The van der Waals surface area contributed by atoms with Gasteiger partial charge in [-0.05, 0) is 71.9 Å². The van der Waals surface area contributed by atoms with Gasteiger partial charge in [-0.3, -0.25) is 4.79 Å². The molecule has 6 nitrogen and oxygen atoms in total. The maximum Gasteiger partial charge on any atom is 0.326 e. The van der Waals surface area contributed by atoms with Crippen molar-refractivity contribution in [3.8, 4) is 21.7 Å². The number of carbonyl (C=O) groups is 2. The molecule has 0 aliphatic rings. The second-order valence-electron chi connectivity index (χ2n) is 8.98. The van der Waals surface area contributed by atoms with Crippen molar-refractivity contribution >= 4 is 46.6 Å². The molecule has 0 saturated carbocycles. The van der Waals surface area contributed by atoms with E-state index in [1.807, 2.05) is 80.0 Å². The van der Waals surface area contributed by atoms with Crippen LogP contribution in [0.3, 0.4) is 0 Å². The number of aryl methyl sites for hydroxylation is 1. The fraction of sp³-hybridized carbons (Fsp3) is 0.233. The molecule has 9 heteroatoms. The van der Waals surface area contributed by atoms with E-state index in [4.69, 9.17) is 16.3 Å². The van der Waals surface area contributed by atoms with Crippen LogP contribution >= 0.6 is 34.7 Å². The summed E-state index contributed by atoms with van der Waals surface area (Å²) in [7, 11) is 0. The number of thiazole rings is 1. The fourth-order valence-electron chi connectivity index (χ4n) is 4.10.